The number of amides is 2. The summed E-state index contributed by atoms with van der Waals surface area (Å²) in [7, 11) is 3.82. The lowest BCUT2D eigenvalue weighted by Crippen LogP contribution is -2.42. The summed E-state index contributed by atoms with van der Waals surface area (Å²) in [5.41, 5.74) is 9.39. The molecule has 0 fully saturated rings. The first-order chi connectivity index (χ1) is 19.0. The van der Waals surface area contributed by atoms with Crippen molar-refractivity contribution in [1.82, 2.24) is 35.8 Å². The molecule has 0 atom stereocenters. The van der Waals surface area contributed by atoms with Crippen LogP contribution in [0.3, 0.4) is 0 Å². The van der Waals surface area contributed by atoms with Crippen LogP contribution < -0.4 is 16.3 Å². The predicted octanol–water partition coefficient (Wildman–Crippen LogP) is 7.27. The highest BCUT2D eigenvalue weighted by atomic mass is 16.2. The SMILES string of the molecule is C/C=C\CC.C=C/C(C)=C(\C)N(Cc1nc2ccccc2n1C)C(=O)NC(C)C.CC.CC.CC1=NNN(C)N1. The number of urea groups is 1. The molecule has 1 aliphatic heterocycles. The summed E-state index contributed by atoms with van der Waals surface area (Å²) in [6.45, 7) is 26.0. The van der Waals surface area contributed by atoms with E-state index in [1.165, 1.54) is 0 Å². The Bertz CT molecular complexity index is 1080. The van der Waals surface area contributed by atoms with E-state index < -0.39 is 0 Å². The van der Waals surface area contributed by atoms with Crippen molar-refractivity contribution in [1.29, 1.82) is 0 Å². The van der Waals surface area contributed by atoms with E-state index >= 15 is 0 Å². The number of rotatable bonds is 6. The van der Waals surface area contributed by atoms with Crippen LogP contribution in [0.2, 0.25) is 0 Å². The summed E-state index contributed by atoms with van der Waals surface area (Å²) in [5.74, 6) is 1.73. The molecule has 3 N–H and O–H groups in total. The molecule has 0 bridgehead atoms. The van der Waals surface area contributed by atoms with Crippen molar-refractivity contribution in [2.24, 2.45) is 12.1 Å². The largest absolute Gasteiger partial charge is 0.336 e. The molecule has 1 aliphatic rings. The van der Waals surface area contributed by atoms with Gasteiger partial charge in [-0.2, -0.15) is 0 Å². The van der Waals surface area contributed by atoms with Crippen LogP contribution in [0.4, 0.5) is 4.79 Å². The molecule has 3 rings (SSSR count). The Hall–Kier alpha value is -3.59. The number of carbonyl (C=O) groups excluding carboxylic acids is 1. The Labute approximate surface area is 244 Å². The van der Waals surface area contributed by atoms with Gasteiger partial charge < -0.3 is 9.88 Å². The Kier molecular flexibility index (Phi) is 21.4. The second kappa shape index (κ2) is 22.2. The molecule has 2 heterocycles. The lowest BCUT2D eigenvalue weighted by Gasteiger charge is -2.26. The van der Waals surface area contributed by atoms with Crippen LogP contribution in [0.15, 0.2) is 65.4 Å². The van der Waals surface area contributed by atoms with E-state index in [0.29, 0.717) is 6.54 Å². The summed E-state index contributed by atoms with van der Waals surface area (Å²) in [4.78, 5) is 19.1. The number of imidazole rings is 1. The Morgan fingerprint density at radius 1 is 1.15 bits per heavy atom. The summed E-state index contributed by atoms with van der Waals surface area (Å²) in [5, 5.41) is 8.43. The molecule has 1 aromatic carbocycles. The number of aryl methyl sites for hydroxylation is 1. The van der Waals surface area contributed by atoms with E-state index in [0.717, 1.165) is 40.4 Å². The van der Waals surface area contributed by atoms with Gasteiger partial charge in [0.05, 0.1) is 17.6 Å². The summed E-state index contributed by atoms with van der Waals surface area (Å²) in [6.07, 6.45) is 7.11. The molecule has 40 heavy (non-hydrogen) atoms. The number of nitrogens with one attached hydrogen (secondary N) is 3. The summed E-state index contributed by atoms with van der Waals surface area (Å²) >= 11 is 0. The van der Waals surface area contributed by atoms with Crippen LogP contribution in [0.1, 0.15) is 88.4 Å². The van der Waals surface area contributed by atoms with Gasteiger partial charge in [0.2, 0.25) is 0 Å². The van der Waals surface area contributed by atoms with Crippen LogP contribution in [-0.4, -0.2) is 44.5 Å². The van der Waals surface area contributed by atoms with E-state index in [-0.39, 0.29) is 12.1 Å². The molecule has 9 nitrogen and oxygen atoms in total. The Morgan fingerprint density at radius 2 is 1.75 bits per heavy atom. The molecular weight excluding hydrogens is 500 g/mol. The lowest BCUT2D eigenvalue weighted by molar-refractivity contribution is 0.205. The molecule has 2 aromatic rings. The summed E-state index contributed by atoms with van der Waals surface area (Å²) in [6, 6.07) is 7.91. The number of benzene rings is 1. The number of fused-ring (bicyclic) bond motifs is 1. The highest BCUT2D eigenvalue weighted by molar-refractivity contribution is 5.79. The first-order valence-electron chi connectivity index (χ1n) is 14.2. The molecule has 0 aliphatic carbocycles. The molecule has 1 aromatic heterocycles. The van der Waals surface area contributed by atoms with Gasteiger partial charge in [0.1, 0.15) is 11.7 Å². The molecule has 0 saturated carbocycles. The lowest BCUT2D eigenvalue weighted by atomic mass is 10.2. The quantitative estimate of drug-likeness (QED) is 0.257. The smallest absolute Gasteiger partial charge is 0.322 e. The van der Waals surface area contributed by atoms with Gasteiger partial charge in [0.15, 0.2) is 0 Å². The van der Waals surface area contributed by atoms with Crippen molar-refractivity contribution in [2.45, 2.75) is 95.2 Å². The van der Waals surface area contributed by atoms with Crippen LogP contribution in [0, 0.1) is 0 Å². The number of para-hydroxylation sites is 2. The van der Waals surface area contributed by atoms with Gasteiger partial charge in [0, 0.05) is 25.8 Å². The van der Waals surface area contributed by atoms with Gasteiger partial charge >= 0.3 is 6.03 Å². The van der Waals surface area contributed by atoms with Crippen LogP contribution >= 0.6 is 0 Å². The van der Waals surface area contributed by atoms with E-state index in [2.05, 4.69) is 52.0 Å². The third-order valence-corrected chi connectivity index (χ3v) is 5.29. The maximum Gasteiger partial charge on any atom is 0.322 e. The van der Waals surface area contributed by atoms with Gasteiger partial charge in [-0.25, -0.2) is 15.3 Å². The zero-order valence-corrected chi connectivity index (χ0v) is 27.4. The molecule has 9 heteroatoms. The second-order valence-electron chi connectivity index (χ2n) is 8.68. The third kappa shape index (κ3) is 14.0. The first kappa shape index (κ1) is 38.6. The number of hydrazone groups is 1. The number of carbonyl (C=O) groups is 1. The zero-order chi connectivity index (χ0) is 31.3. The molecule has 0 spiro atoms. The molecular formula is C31H56N8O. The molecule has 0 unspecified atom stereocenters. The van der Waals surface area contributed by atoms with Crippen molar-refractivity contribution in [3.63, 3.8) is 0 Å². The number of amidine groups is 1. The predicted molar refractivity (Wildman–Crippen MR) is 173 cm³/mol. The van der Waals surface area contributed by atoms with Gasteiger partial charge in [-0.1, -0.05) is 71.6 Å². The second-order valence-corrected chi connectivity index (χ2v) is 8.68. The molecule has 0 radical (unpaired) electrons. The van der Waals surface area contributed by atoms with Gasteiger partial charge in [-0.3, -0.25) is 10.3 Å². The van der Waals surface area contributed by atoms with Crippen LogP contribution in [0.25, 0.3) is 11.0 Å². The average molecular weight is 557 g/mol. The number of hydrogen-bond donors (Lipinski definition) is 3. The summed E-state index contributed by atoms with van der Waals surface area (Å²) < 4.78 is 2.03. The van der Waals surface area contributed by atoms with E-state index in [1.54, 1.807) is 16.1 Å². The number of allylic oxidation sites excluding steroid dienone is 5. The van der Waals surface area contributed by atoms with Crippen molar-refractivity contribution < 1.29 is 4.79 Å². The fourth-order valence-corrected chi connectivity index (χ4v) is 3.18. The van der Waals surface area contributed by atoms with Crippen molar-refractivity contribution in [3.8, 4) is 0 Å². The minimum absolute atomic E-state index is 0.0669. The monoisotopic (exact) mass is 556 g/mol. The standard InChI is InChI=1S/C19H26N4O.C5H10.C3H8N4.2C2H6/c1-7-14(4)15(5)23(19(24)20-13(2)3)12-18-21-16-10-8-9-11-17(16)22(18)6;1-3-5-4-2;1-3-4-6-7(2)5-3;2*1-2/h7-11,13H,1,12H2,2-6H3,(H,20,24);3,5H,4H2,1-2H3;6H,1-2H3,(H,4,5);2*1-2H3/b15-14+;5-3-;;;. The van der Waals surface area contributed by atoms with Crippen molar-refractivity contribution in [3.05, 3.63) is 66.2 Å². The Morgan fingerprint density at radius 3 is 2.12 bits per heavy atom. The van der Waals surface area contributed by atoms with Gasteiger partial charge in [-0.05, 0) is 65.7 Å². The van der Waals surface area contributed by atoms with Crippen LogP contribution in [0.5, 0.6) is 0 Å². The minimum Gasteiger partial charge on any atom is -0.336 e. The highest BCUT2D eigenvalue weighted by Crippen LogP contribution is 2.19. The minimum atomic E-state index is -0.129. The topological polar surface area (TPSA) is 89.8 Å². The molecule has 2 amide bonds. The maximum atomic E-state index is 12.7. The molecule has 226 valence electrons. The van der Waals surface area contributed by atoms with E-state index in [4.69, 9.17) is 0 Å². The fourth-order valence-electron chi connectivity index (χ4n) is 3.18. The van der Waals surface area contributed by atoms with Crippen molar-refractivity contribution in [2.75, 3.05) is 7.05 Å². The maximum absolute atomic E-state index is 12.7. The zero-order valence-electron chi connectivity index (χ0n) is 27.4. The number of aromatic nitrogens is 2. The van der Waals surface area contributed by atoms with Crippen LogP contribution in [-0.2, 0) is 13.6 Å². The number of hydrogen-bond acceptors (Lipinski definition) is 6. The molecule has 0 saturated heterocycles. The van der Waals surface area contributed by atoms with E-state index in [9.17, 15) is 4.79 Å². The number of nitrogens with zero attached hydrogens (tertiary/aromatic N) is 5. The fraction of sp³-hybridized carbons (Fsp3) is 0.516. The third-order valence-electron chi connectivity index (χ3n) is 5.29. The average Bonchev–Trinajstić information content (AvgIpc) is 3.49. The Balaban J connectivity index is 0. The van der Waals surface area contributed by atoms with Crippen molar-refractivity contribution >= 4 is 22.9 Å². The number of hydrazine groups is 2. The highest BCUT2D eigenvalue weighted by Gasteiger charge is 2.20. The van der Waals surface area contributed by atoms with Gasteiger partial charge in [-0.15, -0.1) is 10.2 Å². The van der Waals surface area contributed by atoms with E-state index in [1.807, 2.05) is 112 Å². The van der Waals surface area contributed by atoms with Gasteiger partial charge in [0.25, 0.3) is 0 Å². The first-order valence-corrected chi connectivity index (χ1v) is 14.2. The normalized spacial score (nSPS) is 12.5.